The second-order valence-corrected chi connectivity index (χ2v) is 5.21. The summed E-state index contributed by atoms with van der Waals surface area (Å²) in [5, 5.41) is 3.35. The molecule has 0 saturated carbocycles. The van der Waals surface area contributed by atoms with Crippen LogP contribution in [-0.4, -0.2) is 26.8 Å². The Morgan fingerprint density at radius 2 is 1.89 bits per heavy atom. The minimum Gasteiger partial charge on any atom is -0.381 e. The molecule has 1 atom stereocenters. The van der Waals surface area contributed by atoms with Crippen LogP contribution in [0.4, 0.5) is 0 Å². The molecular weight excluding hydrogens is 222 g/mol. The van der Waals surface area contributed by atoms with Gasteiger partial charge in [0.2, 0.25) is 0 Å². The summed E-state index contributed by atoms with van der Waals surface area (Å²) in [6, 6.07) is 9.18. The molecule has 1 N–H and O–H groups in total. The molecule has 1 aliphatic heterocycles. The molecule has 2 rings (SSSR count). The van der Waals surface area contributed by atoms with Crippen molar-refractivity contribution < 1.29 is 4.74 Å². The third kappa shape index (κ3) is 3.33. The van der Waals surface area contributed by atoms with Crippen LogP contribution in [0.25, 0.3) is 0 Å². The van der Waals surface area contributed by atoms with E-state index in [2.05, 4.69) is 36.5 Å². The lowest BCUT2D eigenvalue weighted by Gasteiger charge is -2.30. The normalized spacial score (nSPS) is 18.8. The zero-order chi connectivity index (χ0) is 12.8. The minimum atomic E-state index is 0.629. The summed E-state index contributed by atoms with van der Waals surface area (Å²) < 4.78 is 5.48. The Kier molecular flexibility index (Phi) is 5.21. The monoisotopic (exact) mass is 247 g/mol. The lowest BCUT2D eigenvalue weighted by Crippen LogP contribution is -2.28. The molecule has 18 heavy (non-hydrogen) atoms. The van der Waals surface area contributed by atoms with Crippen molar-refractivity contribution in [2.45, 2.75) is 32.1 Å². The van der Waals surface area contributed by atoms with Crippen molar-refractivity contribution in [3.05, 3.63) is 35.4 Å². The van der Waals surface area contributed by atoms with Gasteiger partial charge in [0, 0.05) is 19.8 Å². The molecule has 1 aliphatic rings. The predicted octanol–water partition coefficient (Wildman–Crippen LogP) is 2.98. The summed E-state index contributed by atoms with van der Waals surface area (Å²) in [6.07, 6.45) is 3.51. The first-order chi connectivity index (χ1) is 8.85. The molecule has 1 heterocycles. The third-order valence-electron chi connectivity index (χ3n) is 4.08. The highest BCUT2D eigenvalue weighted by Gasteiger charge is 2.24. The summed E-state index contributed by atoms with van der Waals surface area (Å²) in [5.41, 5.74) is 2.90. The van der Waals surface area contributed by atoms with Crippen molar-refractivity contribution in [3.63, 3.8) is 0 Å². The van der Waals surface area contributed by atoms with Crippen LogP contribution in [0.1, 0.15) is 36.8 Å². The Labute approximate surface area is 111 Å². The first-order valence-corrected chi connectivity index (χ1v) is 7.16. The van der Waals surface area contributed by atoms with Crippen molar-refractivity contribution in [2.24, 2.45) is 5.92 Å². The number of ether oxygens (including phenoxy) is 1. The topological polar surface area (TPSA) is 21.3 Å². The molecule has 0 aromatic heterocycles. The number of hydrogen-bond donors (Lipinski definition) is 1. The number of benzene rings is 1. The first kappa shape index (κ1) is 13.6. The quantitative estimate of drug-likeness (QED) is 0.863. The molecule has 0 spiro atoms. The molecule has 0 bridgehead atoms. The second kappa shape index (κ2) is 6.91. The van der Waals surface area contributed by atoms with E-state index >= 15 is 0 Å². The zero-order valence-corrected chi connectivity index (χ0v) is 11.6. The van der Waals surface area contributed by atoms with Gasteiger partial charge in [0.1, 0.15) is 0 Å². The van der Waals surface area contributed by atoms with E-state index in [1.54, 1.807) is 0 Å². The molecule has 0 radical (unpaired) electrons. The van der Waals surface area contributed by atoms with Crippen LogP contribution in [0.15, 0.2) is 24.3 Å². The Bertz CT molecular complexity index is 341. The Morgan fingerprint density at radius 3 is 2.44 bits per heavy atom. The molecule has 1 aromatic rings. The number of aryl methyl sites for hydroxylation is 1. The third-order valence-corrected chi connectivity index (χ3v) is 4.08. The van der Waals surface area contributed by atoms with Gasteiger partial charge in [-0.2, -0.15) is 0 Å². The van der Waals surface area contributed by atoms with Crippen LogP contribution in [-0.2, 0) is 11.2 Å². The van der Waals surface area contributed by atoms with Crippen LogP contribution in [0.3, 0.4) is 0 Å². The van der Waals surface area contributed by atoms with Gasteiger partial charge in [-0.3, -0.25) is 0 Å². The highest BCUT2D eigenvalue weighted by molar-refractivity contribution is 5.26. The SMILES string of the molecule is CCc1ccc(C(CNC)C2CCOCC2)cc1. The van der Waals surface area contributed by atoms with E-state index in [1.165, 1.54) is 24.0 Å². The molecule has 100 valence electrons. The summed E-state index contributed by atoms with van der Waals surface area (Å²) in [5.74, 6) is 1.39. The van der Waals surface area contributed by atoms with E-state index in [4.69, 9.17) is 4.74 Å². The number of rotatable bonds is 5. The average molecular weight is 247 g/mol. The van der Waals surface area contributed by atoms with Crippen molar-refractivity contribution in [3.8, 4) is 0 Å². The maximum Gasteiger partial charge on any atom is 0.0468 e. The van der Waals surface area contributed by atoms with E-state index in [-0.39, 0.29) is 0 Å². The fourth-order valence-corrected chi connectivity index (χ4v) is 2.90. The maximum atomic E-state index is 5.48. The highest BCUT2D eigenvalue weighted by atomic mass is 16.5. The van der Waals surface area contributed by atoms with Gasteiger partial charge in [-0.1, -0.05) is 31.2 Å². The predicted molar refractivity (Wildman–Crippen MR) is 76.0 cm³/mol. The molecule has 1 aromatic carbocycles. The van der Waals surface area contributed by atoms with E-state index in [0.29, 0.717) is 5.92 Å². The lowest BCUT2D eigenvalue weighted by atomic mass is 9.81. The maximum absolute atomic E-state index is 5.48. The van der Waals surface area contributed by atoms with Crippen molar-refractivity contribution in [2.75, 3.05) is 26.8 Å². The van der Waals surface area contributed by atoms with E-state index in [1.807, 2.05) is 7.05 Å². The van der Waals surface area contributed by atoms with Gasteiger partial charge < -0.3 is 10.1 Å². The Hall–Kier alpha value is -0.860. The fourth-order valence-electron chi connectivity index (χ4n) is 2.90. The van der Waals surface area contributed by atoms with Gasteiger partial charge in [0.25, 0.3) is 0 Å². The van der Waals surface area contributed by atoms with Crippen LogP contribution in [0.2, 0.25) is 0 Å². The molecule has 1 unspecified atom stereocenters. The largest absolute Gasteiger partial charge is 0.381 e. The Morgan fingerprint density at radius 1 is 1.22 bits per heavy atom. The van der Waals surface area contributed by atoms with Crippen molar-refractivity contribution in [1.82, 2.24) is 5.32 Å². The van der Waals surface area contributed by atoms with Crippen molar-refractivity contribution in [1.29, 1.82) is 0 Å². The van der Waals surface area contributed by atoms with Gasteiger partial charge in [0.15, 0.2) is 0 Å². The summed E-state index contributed by atoms with van der Waals surface area (Å²) in [6.45, 7) is 5.13. The van der Waals surface area contributed by atoms with Crippen LogP contribution in [0, 0.1) is 5.92 Å². The number of likely N-dealkylation sites (N-methyl/N-ethyl adjacent to an activating group) is 1. The van der Waals surface area contributed by atoms with E-state index < -0.39 is 0 Å². The summed E-state index contributed by atoms with van der Waals surface area (Å²) in [4.78, 5) is 0. The molecule has 1 fully saturated rings. The standard InChI is InChI=1S/C16H25NO/c1-3-13-4-6-14(7-5-13)16(12-17-2)15-8-10-18-11-9-15/h4-7,15-17H,3,8-12H2,1-2H3. The van der Waals surface area contributed by atoms with E-state index in [9.17, 15) is 0 Å². The molecule has 2 nitrogen and oxygen atoms in total. The molecule has 1 saturated heterocycles. The van der Waals surface area contributed by atoms with Gasteiger partial charge in [0.05, 0.1) is 0 Å². The molecule has 0 aliphatic carbocycles. The van der Waals surface area contributed by atoms with E-state index in [0.717, 1.165) is 32.1 Å². The van der Waals surface area contributed by atoms with Gasteiger partial charge in [-0.05, 0) is 49.3 Å². The van der Waals surface area contributed by atoms with Crippen LogP contribution >= 0.6 is 0 Å². The van der Waals surface area contributed by atoms with Crippen LogP contribution in [0.5, 0.6) is 0 Å². The summed E-state index contributed by atoms with van der Waals surface area (Å²) in [7, 11) is 2.05. The smallest absolute Gasteiger partial charge is 0.0468 e. The second-order valence-electron chi connectivity index (χ2n) is 5.21. The average Bonchev–Trinajstić information content (AvgIpc) is 2.46. The van der Waals surface area contributed by atoms with Crippen molar-refractivity contribution >= 4 is 0 Å². The molecule has 0 amide bonds. The lowest BCUT2D eigenvalue weighted by molar-refractivity contribution is 0.0579. The number of nitrogens with one attached hydrogen (secondary N) is 1. The van der Waals surface area contributed by atoms with Crippen LogP contribution < -0.4 is 5.32 Å². The minimum absolute atomic E-state index is 0.629. The highest BCUT2D eigenvalue weighted by Crippen LogP contribution is 2.31. The first-order valence-electron chi connectivity index (χ1n) is 7.16. The molecule has 2 heteroatoms. The molecular formula is C16H25NO. The fraction of sp³-hybridized carbons (Fsp3) is 0.625. The van der Waals surface area contributed by atoms with Gasteiger partial charge >= 0.3 is 0 Å². The Balaban J connectivity index is 2.11. The summed E-state index contributed by atoms with van der Waals surface area (Å²) >= 11 is 0. The number of hydrogen-bond acceptors (Lipinski definition) is 2. The van der Waals surface area contributed by atoms with Gasteiger partial charge in [-0.15, -0.1) is 0 Å². The van der Waals surface area contributed by atoms with Gasteiger partial charge in [-0.25, -0.2) is 0 Å². The zero-order valence-electron chi connectivity index (χ0n) is 11.6.